The van der Waals surface area contributed by atoms with E-state index in [0.717, 1.165) is 43.1 Å². The Kier molecular flexibility index (Phi) is 7.00. The molecule has 2 aromatic rings. The molecule has 5 rings (SSSR count). The van der Waals surface area contributed by atoms with Gasteiger partial charge in [-0.15, -0.1) is 0 Å². The Morgan fingerprint density at radius 1 is 0.971 bits per heavy atom. The van der Waals surface area contributed by atoms with E-state index in [1.807, 2.05) is 42.5 Å². The number of carbonyl (C=O) groups is 2. The lowest BCUT2D eigenvalue weighted by Crippen LogP contribution is -2.47. The fourth-order valence-electron chi connectivity index (χ4n) is 5.18. The Labute approximate surface area is 201 Å². The van der Waals surface area contributed by atoms with E-state index in [1.165, 1.54) is 12.8 Å². The number of benzene rings is 2. The largest absolute Gasteiger partial charge is 0.486 e. The van der Waals surface area contributed by atoms with Crippen molar-refractivity contribution in [1.29, 1.82) is 0 Å². The Balaban J connectivity index is 1.23. The van der Waals surface area contributed by atoms with E-state index in [0.29, 0.717) is 38.3 Å². The molecule has 2 aromatic carbocycles. The van der Waals surface area contributed by atoms with Crippen LogP contribution in [0.3, 0.4) is 0 Å². The highest BCUT2D eigenvalue weighted by atomic mass is 16.6. The quantitative estimate of drug-likeness (QED) is 0.684. The molecular weight excluding hydrogens is 430 g/mol. The third-order valence-corrected chi connectivity index (χ3v) is 6.98. The zero-order chi connectivity index (χ0) is 23.3. The molecule has 0 spiro atoms. The Hall–Kier alpha value is -3.06. The molecule has 7 nitrogen and oxygen atoms in total. The van der Waals surface area contributed by atoms with Gasteiger partial charge < -0.3 is 24.6 Å². The number of carbonyl (C=O) groups excluding carboxylic acids is 2. The van der Waals surface area contributed by atoms with Gasteiger partial charge in [0.25, 0.3) is 5.91 Å². The zero-order valence-corrected chi connectivity index (χ0v) is 19.6. The summed E-state index contributed by atoms with van der Waals surface area (Å²) in [5.41, 5.74) is 1.80. The molecule has 0 bridgehead atoms. The Morgan fingerprint density at radius 2 is 1.74 bits per heavy atom. The highest BCUT2D eigenvalue weighted by Gasteiger charge is 2.33. The van der Waals surface area contributed by atoms with Crippen LogP contribution in [-0.2, 0) is 11.2 Å². The Bertz CT molecular complexity index is 1010. The van der Waals surface area contributed by atoms with Crippen LogP contribution in [0.2, 0.25) is 0 Å². The van der Waals surface area contributed by atoms with Gasteiger partial charge in [0.1, 0.15) is 13.2 Å². The minimum absolute atomic E-state index is 0.000736. The normalized spacial score (nSPS) is 20.8. The van der Waals surface area contributed by atoms with E-state index >= 15 is 0 Å². The SMILES string of the molecule is O=C(NC(Cc1ccc2c(c1)OCCO2)CN1CCCC1)[C@@H]1CCN(C(=O)c2ccccc2)C1. The van der Waals surface area contributed by atoms with E-state index in [9.17, 15) is 9.59 Å². The van der Waals surface area contributed by atoms with Gasteiger partial charge in [0.15, 0.2) is 11.5 Å². The second kappa shape index (κ2) is 10.5. The smallest absolute Gasteiger partial charge is 0.253 e. The first-order valence-corrected chi connectivity index (χ1v) is 12.4. The predicted octanol–water partition coefficient (Wildman–Crippen LogP) is 2.74. The highest BCUT2D eigenvalue weighted by Crippen LogP contribution is 2.31. The fraction of sp³-hybridized carbons (Fsp3) is 0.481. The minimum Gasteiger partial charge on any atom is -0.486 e. The van der Waals surface area contributed by atoms with Gasteiger partial charge in [-0.3, -0.25) is 9.59 Å². The molecule has 0 aliphatic carbocycles. The molecule has 3 aliphatic heterocycles. The number of amides is 2. The van der Waals surface area contributed by atoms with Crippen molar-refractivity contribution in [3.8, 4) is 11.5 Å². The van der Waals surface area contributed by atoms with Crippen LogP contribution in [0.15, 0.2) is 48.5 Å². The van der Waals surface area contributed by atoms with Gasteiger partial charge in [0, 0.05) is 31.2 Å². The van der Waals surface area contributed by atoms with E-state index in [1.54, 1.807) is 4.90 Å². The third kappa shape index (κ3) is 5.36. The summed E-state index contributed by atoms with van der Waals surface area (Å²) in [4.78, 5) is 30.3. The molecular formula is C27H33N3O4. The summed E-state index contributed by atoms with van der Waals surface area (Å²) in [6.07, 6.45) is 3.86. The number of hydrogen-bond donors (Lipinski definition) is 1. The monoisotopic (exact) mass is 463 g/mol. The average Bonchev–Trinajstić information content (AvgIpc) is 3.57. The van der Waals surface area contributed by atoms with Crippen LogP contribution in [0.25, 0.3) is 0 Å². The maximum absolute atomic E-state index is 13.2. The van der Waals surface area contributed by atoms with Gasteiger partial charge in [-0.1, -0.05) is 24.3 Å². The predicted molar refractivity (Wildman–Crippen MR) is 129 cm³/mol. The van der Waals surface area contributed by atoms with Gasteiger partial charge >= 0.3 is 0 Å². The van der Waals surface area contributed by atoms with Crippen molar-refractivity contribution in [2.75, 3.05) is 45.9 Å². The lowest BCUT2D eigenvalue weighted by molar-refractivity contribution is -0.125. The minimum atomic E-state index is -0.172. The second-order valence-corrected chi connectivity index (χ2v) is 9.50. The van der Waals surface area contributed by atoms with Gasteiger partial charge in [-0.25, -0.2) is 0 Å². The number of nitrogens with zero attached hydrogens (tertiary/aromatic N) is 2. The van der Waals surface area contributed by atoms with E-state index in [2.05, 4.69) is 16.3 Å². The lowest BCUT2D eigenvalue weighted by Gasteiger charge is -2.26. The van der Waals surface area contributed by atoms with Crippen molar-refractivity contribution in [3.63, 3.8) is 0 Å². The number of hydrogen-bond acceptors (Lipinski definition) is 5. The topological polar surface area (TPSA) is 71.1 Å². The molecule has 1 N–H and O–H groups in total. The maximum Gasteiger partial charge on any atom is 0.253 e. The van der Waals surface area contributed by atoms with Gasteiger partial charge in [0.2, 0.25) is 5.91 Å². The average molecular weight is 464 g/mol. The number of rotatable bonds is 7. The number of ether oxygens (including phenoxy) is 2. The first-order chi connectivity index (χ1) is 16.7. The van der Waals surface area contributed by atoms with Crippen LogP contribution < -0.4 is 14.8 Å². The van der Waals surface area contributed by atoms with Crippen LogP contribution in [0.4, 0.5) is 0 Å². The number of likely N-dealkylation sites (tertiary alicyclic amines) is 2. The van der Waals surface area contributed by atoms with Crippen molar-refractivity contribution in [2.24, 2.45) is 5.92 Å². The maximum atomic E-state index is 13.2. The number of fused-ring (bicyclic) bond motifs is 1. The summed E-state index contributed by atoms with van der Waals surface area (Å²) in [7, 11) is 0. The summed E-state index contributed by atoms with van der Waals surface area (Å²) in [5, 5.41) is 3.32. The van der Waals surface area contributed by atoms with Gasteiger partial charge in [-0.2, -0.15) is 0 Å². The zero-order valence-electron chi connectivity index (χ0n) is 19.6. The summed E-state index contributed by atoms with van der Waals surface area (Å²) in [5.74, 6) is 1.44. The first-order valence-electron chi connectivity index (χ1n) is 12.4. The standard InChI is InChI=1S/C27H33N3O4/c31-26(22-10-13-30(18-22)27(32)21-6-2-1-3-7-21)28-23(19-29-11-4-5-12-29)16-20-8-9-24-25(17-20)34-15-14-33-24/h1-3,6-9,17,22-23H,4-5,10-16,18-19H2,(H,28,31)/t22-,23?/m1/s1. The highest BCUT2D eigenvalue weighted by molar-refractivity contribution is 5.95. The van der Waals surface area contributed by atoms with Crippen LogP contribution in [0.5, 0.6) is 11.5 Å². The molecule has 0 saturated carbocycles. The van der Waals surface area contributed by atoms with Gasteiger partial charge in [-0.05, 0) is 68.6 Å². The molecule has 0 radical (unpaired) electrons. The van der Waals surface area contributed by atoms with Crippen molar-refractivity contribution >= 4 is 11.8 Å². The first kappa shape index (κ1) is 22.7. The van der Waals surface area contributed by atoms with Crippen molar-refractivity contribution < 1.29 is 19.1 Å². The van der Waals surface area contributed by atoms with Crippen LogP contribution in [0, 0.1) is 5.92 Å². The molecule has 2 fully saturated rings. The molecule has 3 heterocycles. The molecule has 1 unspecified atom stereocenters. The summed E-state index contributed by atoms with van der Waals surface area (Å²) >= 11 is 0. The van der Waals surface area contributed by atoms with Gasteiger partial charge in [0.05, 0.1) is 5.92 Å². The van der Waals surface area contributed by atoms with Crippen LogP contribution >= 0.6 is 0 Å². The van der Waals surface area contributed by atoms with E-state index in [4.69, 9.17) is 9.47 Å². The summed E-state index contributed by atoms with van der Waals surface area (Å²) in [6, 6.07) is 15.4. The van der Waals surface area contributed by atoms with Crippen LogP contribution in [0.1, 0.15) is 35.2 Å². The Morgan fingerprint density at radius 3 is 2.53 bits per heavy atom. The van der Waals surface area contributed by atoms with Crippen LogP contribution in [-0.4, -0.2) is 73.6 Å². The van der Waals surface area contributed by atoms with Crippen molar-refractivity contribution in [1.82, 2.24) is 15.1 Å². The molecule has 2 saturated heterocycles. The van der Waals surface area contributed by atoms with E-state index in [-0.39, 0.29) is 23.8 Å². The molecule has 34 heavy (non-hydrogen) atoms. The number of nitrogens with one attached hydrogen (secondary N) is 1. The summed E-state index contributed by atoms with van der Waals surface area (Å²) in [6.45, 7) is 5.21. The molecule has 2 amide bonds. The molecule has 7 heteroatoms. The van der Waals surface area contributed by atoms with Crippen molar-refractivity contribution in [3.05, 3.63) is 59.7 Å². The molecule has 2 atom stereocenters. The third-order valence-electron chi connectivity index (χ3n) is 6.98. The van der Waals surface area contributed by atoms with Crippen molar-refractivity contribution in [2.45, 2.75) is 31.7 Å². The molecule has 3 aliphatic rings. The summed E-state index contributed by atoms with van der Waals surface area (Å²) < 4.78 is 11.4. The molecule has 0 aromatic heterocycles. The lowest BCUT2D eigenvalue weighted by atomic mass is 10.0. The second-order valence-electron chi connectivity index (χ2n) is 9.50. The van der Waals surface area contributed by atoms with E-state index < -0.39 is 0 Å². The fourth-order valence-corrected chi connectivity index (χ4v) is 5.18. The molecule has 180 valence electrons.